The number of benzene rings is 1. The van der Waals surface area contributed by atoms with Crippen molar-refractivity contribution in [1.29, 1.82) is 0 Å². The molecule has 5 heteroatoms. The number of carbonyl (C=O) groups excluding carboxylic acids is 2. The molecular weight excluding hydrogens is 260 g/mol. The molecular formula is C15H18O5. The number of carbonyl (C=O) groups is 2. The van der Waals surface area contributed by atoms with Gasteiger partial charge < -0.3 is 14.2 Å². The van der Waals surface area contributed by atoms with Gasteiger partial charge in [-0.1, -0.05) is 6.07 Å². The lowest BCUT2D eigenvalue weighted by atomic mass is 10.1. The molecule has 1 fully saturated rings. The van der Waals surface area contributed by atoms with Gasteiger partial charge in [-0.25, -0.2) is 9.59 Å². The largest absolute Gasteiger partial charge is 0.465 e. The molecule has 0 heterocycles. The molecule has 0 aromatic heterocycles. The molecule has 0 aliphatic heterocycles. The Morgan fingerprint density at radius 2 is 1.70 bits per heavy atom. The van der Waals surface area contributed by atoms with Crippen molar-refractivity contribution in [1.82, 2.24) is 0 Å². The molecule has 20 heavy (non-hydrogen) atoms. The standard InChI is InChI=1S/C15H18O5/c1-18-12-7-4-8-13(12)20-15(17)11-6-3-5-10(9-11)14(16)19-2/h3,5-6,9,12-13H,4,7-8H2,1-2H3. The van der Waals surface area contributed by atoms with Crippen LogP contribution < -0.4 is 0 Å². The second-order valence-electron chi connectivity index (χ2n) is 4.72. The maximum Gasteiger partial charge on any atom is 0.338 e. The van der Waals surface area contributed by atoms with Crippen molar-refractivity contribution >= 4 is 11.9 Å². The van der Waals surface area contributed by atoms with Gasteiger partial charge >= 0.3 is 11.9 Å². The molecule has 2 rings (SSSR count). The summed E-state index contributed by atoms with van der Waals surface area (Å²) >= 11 is 0. The third kappa shape index (κ3) is 3.17. The van der Waals surface area contributed by atoms with Crippen molar-refractivity contribution in [3.63, 3.8) is 0 Å². The molecule has 1 saturated carbocycles. The maximum absolute atomic E-state index is 12.1. The summed E-state index contributed by atoms with van der Waals surface area (Å²) in [6.45, 7) is 0. The Labute approximate surface area is 117 Å². The molecule has 0 N–H and O–H groups in total. The molecule has 1 aliphatic carbocycles. The summed E-state index contributed by atoms with van der Waals surface area (Å²) in [5, 5.41) is 0. The minimum Gasteiger partial charge on any atom is -0.465 e. The molecule has 0 spiro atoms. The number of methoxy groups -OCH3 is 2. The predicted octanol–water partition coefficient (Wildman–Crippen LogP) is 2.20. The predicted molar refractivity (Wildman–Crippen MR) is 71.6 cm³/mol. The lowest BCUT2D eigenvalue weighted by Gasteiger charge is -2.18. The van der Waals surface area contributed by atoms with Crippen molar-refractivity contribution < 1.29 is 23.8 Å². The maximum atomic E-state index is 12.1. The van der Waals surface area contributed by atoms with Gasteiger partial charge in [-0.05, 0) is 37.5 Å². The average molecular weight is 278 g/mol. The number of hydrogen-bond donors (Lipinski definition) is 0. The van der Waals surface area contributed by atoms with E-state index < -0.39 is 11.9 Å². The summed E-state index contributed by atoms with van der Waals surface area (Å²) in [6.07, 6.45) is 2.44. The Balaban J connectivity index is 2.07. The van der Waals surface area contributed by atoms with Crippen LogP contribution in [0.5, 0.6) is 0 Å². The van der Waals surface area contributed by atoms with Crippen molar-refractivity contribution in [3.05, 3.63) is 35.4 Å². The van der Waals surface area contributed by atoms with Crippen LogP contribution in [0.4, 0.5) is 0 Å². The van der Waals surface area contributed by atoms with E-state index in [-0.39, 0.29) is 12.2 Å². The fraction of sp³-hybridized carbons (Fsp3) is 0.467. The monoisotopic (exact) mass is 278 g/mol. The molecule has 0 amide bonds. The summed E-state index contributed by atoms with van der Waals surface area (Å²) < 4.78 is 15.4. The highest BCUT2D eigenvalue weighted by Gasteiger charge is 2.30. The molecule has 0 bridgehead atoms. The van der Waals surface area contributed by atoms with E-state index in [2.05, 4.69) is 4.74 Å². The normalized spacial score (nSPS) is 21.5. The molecule has 2 atom stereocenters. The Morgan fingerprint density at radius 1 is 1.05 bits per heavy atom. The van der Waals surface area contributed by atoms with E-state index in [4.69, 9.17) is 9.47 Å². The lowest BCUT2D eigenvalue weighted by Crippen LogP contribution is -2.27. The van der Waals surface area contributed by atoms with Gasteiger partial charge in [0.2, 0.25) is 0 Å². The highest BCUT2D eigenvalue weighted by Crippen LogP contribution is 2.25. The second kappa shape index (κ2) is 6.52. The fourth-order valence-corrected chi connectivity index (χ4v) is 2.39. The van der Waals surface area contributed by atoms with Crippen LogP contribution in [0.1, 0.15) is 40.0 Å². The van der Waals surface area contributed by atoms with E-state index in [0.717, 1.165) is 19.3 Å². The molecule has 0 radical (unpaired) electrons. The highest BCUT2D eigenvalue weighted by molar-refractivity contribution is 5.95. The van der Waals surface area contributed by atoms with Gasteiger partial charge in [0.15, 0.2) is 0 Å². The van der Waals surface area contributed by atoms with E-state index in [9.17, 15) is 9.59 Å². The average Bonchev–Trinajstić information content (AvgIpc) is 2.93. The van der Waals surface area contributed by atoms with Gasteiger partial charge in [0, 0.05) is 7.11 Å². The quantitative estimate of drug-likeness (QED) is 0.790. The van der Waals surface area contributed by atoms with Gasteiger partial charge in [-0.2, -0.15) is 0 Å². The SMILES string of the molecule is COC(=O)c1cccc(C(=O)OC2CCCC2OC)c1. The van der Waals surface area contributed by atoms with Crippen molar-refractivity contribution in [2.75, 3.05) is 14.2 Å². The van der Waals surface area contributed by atoms with Crippen LogP contribution >= 0.6 is 0 Å². The zero-order valence-corrected chi connectivity index (χ0v) is 11.6. The lowest BCUT2D eigenvalue weighted by molar-refractivity contribution is -0.0206. The first-order chi connectivity index (χ1) is 9.65. The van der Waals surface area contributed by atoms with Gasteiger partial charge in [0.1, 0.15) is 6.10 Å². The van der Waals surface area contributed by atoms with Crippen LogP contribution in [0.2, 0.25) is 0 Å². The first kappa shape index (κ1) is 14.5. The van der Waals surface area contributed by atoms with Crippen LogP contribution in [0.3, 0.4) is 0 Å². The third-order valence-electron chi connectivity index (χ3n) is 3.47. The van der Waals surface area contributed by atoms with Crippen molar-refractivity contribution in [3.8, 4) is 0 Å². The molecule has 1 aromatic carbocycles. The Kier molecular flexibility index (Phi) is 4.74. The zero-order valence-electron chi connectivity index (χ0n) is 11.6. The first-order valence-electron chi connectivity index (χ1n) is 6.58. The molecule has 0 saturated heterocycles. The Morgan fingerprint density at radius 3 is 2.35 bits per heavy atom. The van der Waals surface area contributed by atoms with Crippen LogP contribution in [0.15, 0.2) is 24.3 Å². The molecule has 5 nitrogen and oxygen atoms in total. The summed E-state index contributed by atoms with van der Waals surface area (Å²) in [7, 11) is 2.92. The Hall–Kier alpha value is -1.88. The third-order valence-corrected chi connectivity index (χ3v) is 3.47. The van der Waals surface area contributed by atoms with Gasteiger partial charge in [-0.15, -0.1) is 0 Å². The number of esters is 2. The van der Waals surface area contributed by atoms with Crippen molar-refractivity contribution in [2.24, 2.45) is 0 Å². The van der Waals surface area contributed by atoms with E-state index in [1.165, 1.54) is 13.2 Å². The molecule has 1 aliphatic rings. The summed E-state index contributed by atoms with van der Waals surface area (Å²) in [5.41, 5.74) is 0.673. The molecule has 1 aromatic rings. The van der Waals surface area contributed by atoms with Gasteiger partial charge in [-0.3, -0.25) is 0 Å². The van der Waals surface area contributed by atoms with Crippen LogP contribution in [-0.2, 0) is 14.2 Å². The zero-order chi connectivity index (χ0) is 14.5. The van der Waals surface area contributed by atoms with E-state index in [0.29, 0.717) is 11.1 Å². The topological polar surface area (TPSA) is 61.8 Å². The van der Waals surface area contributed by atoms with E-state index in [1.807, 2.05) is 0 Å². The highest BCUT2D eigenvalue weighted by atomic mass is 16.6. The molecule has 2 unspecified atom stereocenters. The van der Waals surface area contributed by atoms with Gasteiger partial charge in [0.25, 0.3) is 0 Å². The second-order valence-corrected chi connectivity index (χ2v) is 4.72. The minimum absolute atomic E-state index is 0.0391. The number of ether oxygens (including phenoxy) is 3. The first-order valence-corrected chi connectivity index (χ1v) is 6.58. The van der Waals surface area contributed by atoms with E-state index in [1.54, 1.807) is 25.3 Å². The van der Waals surface area contributed by atoms with Gasteiger partial charge in [0.05, 0.1) is 24.3 Å². The van der Waals surface area contributed by atoms with Crippen molar-refractivity contribution in [2.45, 2.75) is 31.5 Å². The fourth-order valence-electron chi connectivity index (χ4n) is 2.39. The van der Waals surface area contributed by atoms with Crippen LogP contribution in [-0.4, -0.2) is 38.4 Å². The summed E-state index contributed by atoms with van der Waals surface area (Å²) in [5.74, 6) is -0.917. The van der Waals surface area contributed by atoms with Crippen LogP contribution in [0.25, 0.3) is 0 Å². The summed E-state index contributed by atoms with van der Waals surface area (Å²) in [6, 6.07) is 6.32. The Bertz CT molecular complexity index is 497. The minimum atomic E-state index is -0.477. The van der Waals surface area contributed by atoms with Crippen LogP contribution in [0, 0.1) is 0 Å². The molecule has 108 valence electrons. The summed E-state index contributed by atoms with van der Waals surface area (Å²) in [4.78, 5) is 23.5. The smallest absolute Gasteiger partial charge is 0.338 e. The number of hydrogen-bond acceptors (Lipinski definition) is 5. The van der Waals surface area contributed by atoms with E-state index >= 15 is 0 Å². The number of rotatable bonds is 4.